The van der Waals surface area contributed by atoms with Crippen LogP contribution < -0.4 is 4.90 Å². The second kappa shape index (κ2) is 13.4. The number of piperazine rings is 1. The van der Waals surface area contributed by atoms with Crippen molar-refractivity contribution in [2.24, 2.45) is 0 Å². The third kappa shape index (κ3) is 6.57. The van der Waals surface area contributed by atoms with Gasteiger partial charge in [0.05, 0.1) is 19.8 Å². The van der Waals surface area contributed by atoms with Gasteiger partial charge in [0.25, 0.3) is 0 Å². The number of sulfonamides is 1. The van der Waals surface area contributed by atoms with Gasteiger partial charge < -0.3 is 14.3 Å². The van der Waals surface area contributed by atoms with Gasteiger partial charge in [0.15, 0.2) is 5.76 Å². The summed E-state index contributed by atoms with van der Waals surface area (Å²) >= 11 is 7.17. The normalized spacial score (nSPS) is 18.5. The highest BCUT2D eigenvalue weighted by Crippen LogP contribution is 2.38. The average molecular weight is 730 g/mol. The quantitative estimate of drug-likeness (QED) is 0.263. The summed E-state index contributed by atoms with van der Waals surface area (Å²) in [6.45, 7) is 2.65. The molecule has 18 heteroatoms. The van der Waals surface area contributed by atoms with Gasteiger partial charge in [0.1, 0.15) is 6.04 Å². The van der Waals surface area contributed by atoms with Crippen LogP contribution in [-0.4, -0.2) is 96.3 Å². The second-order valence-electron chi connectivity index (χ2n) is 11.9. The number of nitrogens with zero attached hydrogens (tertiary/aromatic N) is 5. The highest BCUT2D eigenvalue weighted by molar-refractivity contribution is 7.89. The minimum atomic E-state index is -5.53. The van der Waals surface area contributed by atoms with Crippen molar-refractivity contribution < 1.29 is 45.6 Å². The molecule has 4 heterocycles. The number of carbonyl (C=O) groups is 3. The summed E-state index contributed by atoms with van der Waals surface area (Å²) in [7, 11) is -5.53. The van der Waals surface area contributed by atoms with E-state index in [9.17, 15) is 27.3 Å². The van der Waals surface area contributed by atoms with E-state index in [4.69, 9.17) is 16.1 Å². The highest BCUT2D eigenvalue weighted by atomic mass is 35.5. The Morgan fingerprint density at radius 3 is 2.50 bits per heavy atom. The van der Waals surface area contributed by atoms with E-state index in [0.29, 0.717) is 34.8 Å². The lowest BCUT2D eigenvalue weighted by Crippen LogP contribution is -2.62. The fraction of sp³-hybridized carbons (Fsp3) is 0.467. The topological polar surface area (TPSA) is 134 Å². The number of amides is 2. The lowest BCUT2D eigenvalue weighted by molar-refractivity contribution is -0.230. The number of hydrogen-bond acceptors (Lipinski definition) is 10. The van der Waals surface area contributed by atoms with Crippen LogP contribution in [0.1, 0.15) is 36.9 Å². The Labute approximate surface area is 282 Å². The minimum Gasteiger partial charge on any atom is -0.355 e. The first-order valence-electron chi connectivity index (χ1n) is 15.2. The number of halogens is 4. The molecular weight excluding hydrogens is 699 g/mol. The summed E-state index contributed by atoms with van der Waals surface area (Å²) in [5, 5.41) is 3.90. The van der Waals surface area contributed by atoms with Gasteiger partial charge in [-0.2, -0.15) is 8.78 Å². The molecule has 3 aromatic rings. The average Bonchev–Trinajstić information content (AvgIpc) is 3.40. The summed E-state index contributed by atoms with van der Waals surface area (Å²) in [5.74, 6) is -4.00. The van der Waals surface area contributed by atoms with E-state index in [1.807, 2.05) is 0 Å². The molecule has 12 nitrogen and oxygen atoms in total. The molecule has 1 saturated carbocycles. The Morgan fingerprint density at radius 2 is 1.90 bits per heavy atom. The van der Waals surface area contributed by atoms with Crippen LogP contribution in [0.4, 0.5) is 19.0 Å². The van der Waals surface area contributed by atoms with E-state index in [0.717, 1.165) is 30.2 Å². The van der Waals surface area contributed by atoms with Crippen molar-refractivity contribution in [2.75, 3.05) is 37.6 Å². The van der Waals surface area contributed by atoms with Crippen molar-refractivity contribution in [3.05, 3.63) is 52.0 Å². The van der Waals surface area contributed by atoms with Crippen LogP contribution in [0.15, 0.2) is 45.8 Å². The summed E-state index contributed by atoms with van der Waals surface area (Å²) in [6.07, 6.45) is 1.95. The molecule has 2 amide bonds. The predicted molar refractivity (Wildman–Crippen MR) is 167 cm³/mol. The molecule has 3 aliphatic rings. The molecule has 6 rings (SSSR count). The van der Waals surface area contributed by atoms with E-state index < -0.39 is 49.6 Å². The van der Waals surface area contributed by atoms with Crippen LogP contribution in [0, 0.1) is 6.92 Å². The smallest absolute Gasteiger partial charge is 0.355 e. The molecule has 0 radical (unpaired) electrons. The molecule has 2 saturated heterocycles. The van der Waals surface area contributed by atoms with E-state index in [1.165, 1.54) is 34.9 Å². The van der Waals surface area contributed by atoms with Gasteiger partial charge in [0, 0.05) is 67.9 Å². The van der Waals surface area contributed by atoms with Crippen molar-refractivity contribution in [1.29, 1.82) is 0 Å². The molecule has 2 aromatic heterocycles. The molecule has 3 fully saturated rings. The zero-order valence-electron chi connectivity index (χ0n) is 25.6. The lowest BCUT2D eigenvalue weighted by atomic mass is 10.1. The lowest BCUT2D eigenvalue weighted by Gasteiger charge is -2.39. The number of benzene rings is 1. The van der Waals surface area contributed by atoms with Crippen molar-refractivity contribution in [1.82, 2.24) is 19.3 Å². The van der Waals surface area contributed by atoms with Crippen LogP contribution >= 0.6 is 22.9 Å². The summed E-state index contributed by atoms with van der Waals surface area (Å²) in [4.78, 5) is 46.6. The van der Waals surface area contributed by atoms with Crippen LogP contribution in [0.2, 0.25) is 4.34 Å². The summed E-state index contributed by atoms with van der Waals surface area (Å²) < 4.78 is 79.6. The maximum atomic E-state index is 16.1. The minimum absolute atomic E-state index is 0.0790. The van der Waals surface area contributed by atoms with Crippen LogP contribution in [-0.2, 0) is 35.8 Å². The molecule has 0 spiro atoms. The van der Waals surface area contributed by atoms with Crippen molar-refractivity contribution in [3.8, 4) is 10.6 Å². The van der Waals surface area contributed by atoms with Gasteiger partial charge in [-0.3, -0.25) is 14.5 Å². The Morgan fingerprint density at radius 1 is 1.17 bits per heavy atom. The number of hydrogen-bond donors (Lipinski definition) is 0. The number of aromatic nitrogens is 1. The number of alkyl halides is 2. The van der Waals surface area contributed by atoms with Crippen molar-refractivity contribution in [3.63, 3.8) is 0 Å². The molecule has 1 atom stereocenters. The molecule has 0 bridgehead atoms. The Kier molecular flexibility index (Phi) is 9.61. The molecule has 2 aliphatic heterocycles. The van der Waals surface area contributed by atoms with E-state index in [-0.39, 0.29) is 54.7 Å². The van der Waals surface area contributed by atoms with Crippen molar-refractivity contribution >= 4 is 56.4 Å². The standard InChI is InChI=1S/C30H31ClF3N5O7S2/c1-18-21(38-11-3-6-27(38)40)4-2-5-25(18)48(43,44)39(30(32,33)29(42)45-34)22(28(41)37-14-12-36(13-15-37)20-7-8-20)16-19-17-23(46-35-19)24-9-10-26(31)47-24/h2,4-5,9-10,17,20,22H,3,6-8,11-16H2,1H3/t22-/m0/s1. The zero-order valence-corrected chi connectivity index (χ0v) is 28.0. The molecule has 0 unspecified atom stereocenters. The largest absolute Gasteiger partial charge is 0.435 e. The molecule has 48 heavy (non-hydrogen) atoms. The number of thiophene rings is 1. The molecule has 0 N–H and O–H groups in total. The third-order valence-corrected chi connectivity index (χ3v) is 12.0. The number of anilines is 1. The van der Waals surface area contributed by atoms with Crippen LogP contribution in [0.3, 0.4) is 0 Å². The van der Waals surface area contributed by atoms with Gasteiger partial charge >= 0.3 is 12.0 Å². The van der Waals surface area contributed by atoms with Gasteiger partial charge in [-0.1, -0.05) is 22.8 Å². The van der Waals surface area contributed by atoms with E-state index in [2.05, 4.69) is 15.0 Å². The maximum Gasteiger partial charge on any atom is 0.435 e. The third-order valence-electron chi connectivity index (χ3n) is 8.78. The second-order valence-corrected chi connectivity index (χ2v) is 15.4. The Hall–Kier alpha value is -3.51. The first-order chi connectivity index (χ1) is 22.8. The maximum absolute atomic E-state index is 16.1. The number of carbonyl (C=O) groups excluding carboxylic acids is 3. The van der Waals surface area contributed by atoms with E-state index >= 15 is 8.78 Å². The summed E-state index contributed by atoms with van der Waals surface area (Å²) in [5.41, 5.74) is -0.0170. The van der Waals surface area contributed by atoms with Gasteiger partial charge in [-0.05, 0) is 56.0 Å². The summed E-state index contributed by atoms with van der Waals surface area (Å²) in [6, 6.07) is 1.17. The zero-order chi connectivity index (χ0) is 34.4. The monoisotopic (exact) mass is 729 g/mol. The Balaban J connectivity index is 1.44. The van der Waals surface area contributed by atoms with Crippen LogP contribution in [0.5, 0.6) is 0 Å². The fourth-order valence-electron chi connectivity index (χ4n) is 6.23. The van der Waals surface area contributed by atoms with Crippen molar-refractivity contribution in [2.45, 2.75) is 62.1 Å². The molecule has 258 valence electrons. The van der Waals surface area contributed by atoms with Gasteiger partial charge in [-0.15, -0.1) is 15.6 Å². The first kappa shape index (κ1) is 34.4. The Bertz CT molecular complexity index is 1830. The fourth-order valence-corrected chi connectivity index (χ4v) is 9.05. The number of rotatable bonds is 11. The highest BCUT2D eigenvalue weighted by Gasteiger charge is 2.60. The van der Waals surface area contributed by atoms with E-state index in [1.54, 1.807) is 12.1 Å². The van der Waals surface area contributed by atoms with Gasteiger partial charge in [-0.25, -0.2) is 18.2 Å². The molecule has 1 aliphatic carbocycles. The predicted octanol–water partition coefficient (Wildman–Crippen LogP) is 4.42. The first-order valence-corrected chi connectivity index (χ1v) is 17.9. The molecular formula is C30H31ClF3N5O7S2. The van der Waals surface area contributed by atoms with Crippen LogP contribution in [0.25, 0.3) is 10.6 Å². The SMILES string of the molecule is Cc1c(N2CCCC2=O)cccc1S(=O)(=O)N([C@@H](Cc1cc(-c2ccc(Cl)s2)on1)C(=O)N1CCN(C2CC2)CC1)C(F)(F)C(=O)OF. The van der Waals surface area contributed by atoms with Gasteiger partial charge in [0.2, 0.25) is 21.8 Å². The molecule has 1 aromatic carbocycles.